The van der Waals surface area contributed by atoms with Gasteiger partial charge in [0.1, 0.15) is 0 Å². The molecule has 10 heteroatoms. The van der Waals surface area contributed by atoms with Crippen molar-refractivity contribution in [3.05, 3.63) is 29.8 Å². The van der Waals surface area contributed by atoms with Gasteiger partial charge in [-0.25, -0.2) is 0 Å². The van der Waals surface area contributed by atoms with Crippen molar-refractivity contribution < 1.29 is 27.6 Å². The molecule has 2 rings (SSSR count). The lowest BCUT2D eigenvalue weighted by Gasteiger charge is -2.33. The molecule has 27 heavy (non-hydrogen) atoms. The first-order valence-electron chi connectivity index (χ1n) is 8.62. The van der Waals surface area contributed by atoms with Crippen LogP contribution in [-0.2, 0) is 15.7 Å². The van der Waals surface area contributed by atoms with E-state index in [1.165, 1.54) is 18.2 Å². The lowest BCUT2D eigenvalue weighted by Crippen LogP contribution is -3.15. The topological polar surface area (TPSA) is 58.0 Å². The predicted octanol–water partition coefficient (Wildman–Crippen LogP) is 0.365. The Morgan fingerprint density at radius 3 is 2.59 bits per heavy atom. The molecule has 0 radical (unpaired) electrons. The van der Waals surface area contributed by atoms with E-state index in [2.05, 4.69) is 10.6 Å². The van der Waals surface area contributed by atoms with Gasteiger partial charge in [0.25, 0.3) is 5.91 Å². The number of hydrogen-bond acceptors (Lipinski definition) is 3. The molecule has 0 saturated carbocycles. The van der Waals surface area contributed by atoms with Crippen LogP contribution in [0.3, 0.4) is 0 Å². The Morgan fingerprint density at radius 1 is 1.30 bits per heavy atom. The highest BCUT2D eigenvalue weighted by atomic mass is 32.1. The van der Waals surface area contributed by atoms with Crippen molar-refractivity contribution in [2.75, 3.05) is 58.3 Å². The average molecular weight is 405 g/mol. The second-order valence-electron chi connectivity index (χ2n) is 6.23. The quantitative estimate of drug-likeness (QED) is 0.472. The molecule has 6 nitrogen and oxygen atoms in total. The van der Waals surface area contributed by atoms with Crippen LogP contribution in [0.1, 0.15) is 5.56 Å². The number of ether oxygens (including phenoxy) is 1. The highest BCUT2D eigenvalue weighted by Gasteiger charge is 2.34. The number of carbonyl (C=O) groups is 1. The van der Waals surface area contributed by atoms with Crippen molar-refractivity contribution in [3.8, 4) is 0 Å². The van der Waals surface area contributed by atoms with Gasteiger partial charge in [-0.2, -0.15) is 13.2 Å². The van der Waals surface area contributed by atoms with Crippen LogP contribution in [0.4, 0.5) is 18.9 Å². The maximum atomic E-state index is 13.0. The number of nitrogens with zero attached hydrogens (tertiary/aromatic N) is 1. The predicted molar refractivity (Wildman–Crippen MR) is 99.7 cm³/mol. The second-order valence-corrected chi connectivity index (χ2v) is 6.62. The molecule has 3 N–H and O–H groups in total. The average Bonchev–Trinajstić information content (AvgIpc) is 2.62. The summed E-state index contributed by atoms with van der Waals surface area (Å²) < 4.78 is 44.0. The summed E-state index contributed by atoms with van der Waals surface area (Å²) in [7, 11) is 1.62. The summed E-state index contributed by atoms with van der Waals surface area (Å²) in [6.45, 7) is 4.03. The molecule has 150 valence electrons. The number of nitrogens with one attached hydrogen (secondary N) is 3. The van der Waals surface area contributed by atoms with Crippen LogP contribution in [0.15, 0.2) is 24.3 Å². The fourth-order valence-corrected chi connectivity index (χ4v) is 3.12. The number of methoxy groups -OCH3 is 1. The van der Waals surface area contributed by atoms with Crippen LogP contribution < -0.4 is 15.5 Å². The number of amides is 1. The molecule has 0 bridgehead atoms. The molecule has 0 spiro atoms. The lowest BCUT2D eigenvalue weighted by atomic mass is 10.1. The van der Waals surface area contributed by atoms with Gasteiger partial charge in [-0.15, -0.1) is 0 Å². The lowest BCUT2D eigenvalue weighted by molar-refractivity contribution is -0.895. The minimum absolute atomic E-state index is 0.115. The molecule has 1 saturated heterocycles. The maximum absolute atomic E-state index is 13.0. The summed E-state index contributed by atoms with van der Waals surface area (Å²) in [5, 5.41) is 6.13. The fourth-order valence-electron chi connectivity index (χ4n) is 2.84. The molecule has 0 atom stereocenters. The van der Waals surface area contributed by atoms with E-state index < -0.39 is 17.6 Å². The number of piperazine rings is 1. The van der Waals surface area contributed by atoms with E-state index in [1.54, 1.807) is 7.11 Å². The van der Waals surface area contributed by atoms with E-state index in [9.17, 15) is 18.0 Å². The van der Waals surface area contributed by atoms with Crippen molar-refractivity contribution in [2.45, 2.75) is 6.18 Å². The molecular weight excluding hydrogens is 381 g/mol. The van der Waals surface area contributed by atoms with Crippen molar-refractivity contribution in [2.24, 2.45) is 0 Å². The Kier molecular flexibility index (Phi) is 7.81. The summed E-state index contributed by atoms with van der Waals surface area (Å²) in [6, 6.07) is 4.98. The first-order chi connectivity index (χ1) is 12.8. The van der Waals surface area contributed by atoms with Gasteiger partial charge in [0, 0.05) is 13.7 Å². The molecule has 1 fully saturated rings. The summed E-state index contributed by atoms with van der Waals surface area (Å²) in [4.78, 5) is 15.2. The largest absolute Gasteiger partial charge is 0.418 e. The van der Waals surface area contributed by atoms with Crippen molar-refractivity contribution in [1.29, 1.82) is 0 Å². The number of hydrogen-bond donors (Lipinski definition) is 3. The van der Waals surface area contributed by atoms with Gasteiger partial charge in [-0.05, 0) is 24.4 Å². The SMILES string of the molecule is COCCNC(=S)N1CC[NH+](CC(=O)Nc2ccccc2C(F)(F)F)CC1. The number of halogens is 3. The van der Waals surface area contributed by atoms with Gasteiger partial charge in [-0.1, -0.05) is 12.1 Å². The monoisotopic (exact) mass is 405 g/mol. The Morgan fingerprint density at radius 2 is 1.96 bits per heavy atom. The van der Waals surface area contributed by atoms with Crippen LogP contribution in [0, 0.1) is 0 Å². The Balaban J connectivity index is 1.81. The number of anilines is 1. The molecular formula is C17H24F3N4O2S+. The number of para-hydroxylation sites is 1. The van der Waals surface area contributed by atoms with E-state index in [-0.39, 0.29) is 12.2 Å². The van der Waals surface area contributed by atoms with Gasteiger partial charge in [0.2, 0.25) is 0 Å². The summed E-state index contributed by atoms with van der Waals surface area (Å²) in [5.41, 5.74) is -1.05. The first kappa shape index (κ1) is 21.4. The highest BCUT2D eigenvalue weighted by molar-refractivity contribution is 7.80. The number of quaternary nitrogens is 1. The minimum atomic E-state index is -4.51. The van der Waals surface area contributed by atoms with Crippen molar-refractivity contribution in [3.63, 3.8) is 0 Å². The van der Waals surface area contributed by atoms with Crippen LogP contribution in [0.5, 0.6) is 0 Å². The normalized spacial score (nSPS) is 15.5. The molecule has 1 aliphatic heterocycles. The van der Waals surface area contributed by atoms with Crippen LogP contribution in [-0.4, -0.2) is 68.9 Å². The van der Waals surface area contributed by atoms with E-state index in [0.29, 0.717) is 44.4 Å². The zero-order chi connectivity index (χ0) is 19.9. The summed E-state index contributed by atoms with van der Waals surface area (Å²) in [5.74, 6) is -0.434. The standard InChI is InChI=1S/C17H23F3N4O2S/c1-26-11-6-21-16(27)24-9-7-23(8-10-24)12-15(25)22-14-5-3-2-4-13(14)17(18,19)20/h2-5H,6-12H2,1H3,(H,21,27)(H,22,25)/p+1. The second kappa shape index (κ2) is 9.86. The van der Waals surface area contributed by atoms with Gasteiger partial charge in [0.15, 0.2) is 11.7 Å². The minimum Gasteiger partial charge on any atom is -0.383 e. The molecule has 0 aliphatic carbocycles. The van der Waals surface area contributed by atoms with Gasteiger partial charge >= 0.3 is 6.18 Å². The molecule has 1 aromatic rings. The van der Waals surface area contributed by atoms with Crippen molar-refractivity contribution >= 4 is 28.9 Å². The van der Waals surface area contributed by atoms with E-state index in [1.807, 2.05) is 4.90 Å². The molecule has 0 unspecified atom stereocenters. The number of rotatable bonds is 6. The Labute approximate surface area is 161 Å². The first-order valence-corrected chi connectivity index (χ1v) is 9.03. The van der Waals surface area contributed by atoms with E-state index in [4.69, 9.17) is 17.0 Å². The zero-order valence-corrected chi connectivity index (χ0v) is 15.9. The van der Waals surface area contributed by atoms with Crippen LogP contribution >= 0.6 is 12.2 Å². The van der Waals surface area contributed by atoms with Crippen LogP contribution in [0.2, 0.25) is 0 Å². The number of carbonyl (C=O) groups excluding carboxylic acids is 1. The highest BCUT2D eigenvalue weighted by Crippen LogP contribution is 2.34. The summed E-state index contributed by atoms with van der Waals surface area (Å²) >= 11 is 5.31. The van der Waals surface area contributed by atoms with Gasteiger partial charge in [0.05, 0.1) is 44.0 Å². The van der Waals surface area contributed by atoms with Gasteiger partial charge in [-0.3, -0.25) is 4.79 Å². The maximum Gasteiger partial charge on any atom is 0.418 e. The van der Waals surface area contributed by atoms with Crippen LogP contribution in [0.25, 0.3) is 0 Å². The summed E-state index contributed by atoms with van der Waals surface area (Å²) in [6.07, 6.45) is -4.51. The van der Waals surface area contributed by atoms with E-state index >= 15 is 0 Å². The molecule has 1 aliphatic rings. The zero-order valence-electron chi connectivity index (χ0n) is 15.1. The van der Waals surface area contributed by atoms with E-state index in [0.717, 1.165) is 11.0 Å². The Bertz CT molecular complexity index is 649. The third-order valence-electron chi connectivity index (χ3n) is 4.26. The fraction of sp³-hybridized carbons (Fsp3) is 0.529. The molecule has 0 aromatic heterocycles. The van der Waals surface area contributed by atoms with Gasteiger partial charge < -0.3 is 25.2 Å². The smallest absolute Gasteiger partial charge is 0.383 e. The number of alkyl halides is 3. The molecule has 1 aromatic carbocycles. The molecule has 1 amide bonds. The number of benzene rings is 1. The third kappa shape index (κ3) is 6.64. The molecule has 1 heterocycles. The Hall–Kier alpha value is -1.91. The third-order valence-corrected chi connectivity index (χ3v) is 4.66. The van der Waals surface area contributed by atoms with Crippen molar-refractivity contribution in [1.82, 2.24) is 10.2 Å². The number of thiocarbonyl (C=S) groups is 1.